The second-order valence-corrected chi connectivity index (χ2v) is 5.03. The summed E-state index contributed by atoms with van der Waals surface area (Å²) in [4.78, 5) is 25.6. The lowest BCUT2D eigenvalue weighted by molar-refractivity contribution is -0.120. The number of amides is 2. The lowest BCUT2D eigenvalue weighted by Crippen LogP contribution is -2.34. The minimum atomic E-state index is -0.338. The summed E-state index contributed by atoms with van der Waals surface area (Å²) < 4.78 is 13.8. The van der Waals surface area contributed by atoms with Gasteiger partial charge in [-0.1, -0.05) is 24.3 Å². The van der Waals surface area contributed by atoms with Gasteiger partial charge < -0.3 is 10.2 Å². The van der Waals surface area contributed by atoms with E-state index in [0.29, 0.717) is 42.4 Å². The summed E-state index contributed by atoms with van der Waals surface area (Å²) in [5.41, 5.74) is 0.473. The molecule has 1 aliphatic heterocycles. The van der Waals surface area contributed by atoms with Crippen LogP contribution in [-0.2, 0) is 4.79 Å². The SMILES string of the molecule is O=C1CCN(C(=O)c2ccc(F)c3ccccc23)CCN1. The molecule has 3 rings (SSSR count). The number of carbonyl (C=O) groups is 2. The first kappa shape index (κ1) is 13.5. The third kappa shape index (κ3) is 2.59. The molecule has 0 saturated carbocycles. The van der Waals surface area contributed by atoms with Crippen LogP contribution in [0.15, 0.2) is 36.4 Å². The maximum absolute atomic E-state index is 13.8. The standard InChI is InChI=1S/C16H15FN2O2/c17-14-6-5-13(11-3-1-2-4-12(11)14)16(21)19-9-7-15(20)18-8-10-19/h1-6H,7-10H2,(H,18,20). The molecule has 4 nitrogen and oxygen atoms in total. The number of rotatable bonds is 1. The molecule has 1 saturated heterocycles. The highest BCUT2D eigenvalue weighted by Gasteiger charge is 2.21. The van der Waals surface area contributed by atoms with Gasteiger partial charge in [-0.2, -0.15) is 0 Å². The van der Waals surface area contributed by atoms with Crippen molar-refractivity contribution in [2.75, 3.05) is 19.6 Å². The third-order valence-electron chi connectivity index (χ3n) is 3.70. The second kappa shape index (κ2) is 5.52. The maximum Gasteiger partial charge on any atom is 0.254 e. The first-order valence-corrected chi connectivity index (χ1v) is 6.90. The van der Waals surface area contributed by atoms with Gasteiger partial charge in [-0.05, 0) is 17.5 Å². The van der Waals surface area contributed by atoms with Gasteiger partial charge in [0.1, 0.15) is 5.82 Å². The predicted octanol–water partition coefficient (Wildman–Crippen LogP) is 1.94. The van der Waals surface area contributed by atoms with Gasteiger partial charge in [0.05, 0.1) is 0 Å². The highest BCUT2D eigenvalue weighted by Crippen LogP contribution is 2.23. The predicted molar refractivity (Wildman–Crippen MR) is 77.4 cm³/mol. The normalized spacial score (nSPS) is 15.7. The van der Waals surface area contributed by atoms with Crippen molar-refractivity contribution in [1.82, 2.24) is 10.2 Å². The largest absolute Gasteiger partial charge is 0.354 e. The number of halogens is 1. The third-order valence-corrected chi connectivity index (χ3v) is 3.70. The number of carbonyl (C=O) groups excluding carboxylic acids is 2. The quantitative estimate of drug-likeness (QED) is 0.871. The Morgan fingerprint density at radius 1 is 1.10 bits per heavy atom. The van der Waals surface area contributed by atoms with E-state index in [1.807, 2.05) is 0 Å². The molecule has 1 fully saturated rings. The first-order valence-electron chi connectivity index (χ1n) is 6.90. The van der Waals surface area contributed by atoms with Gasteiger partial charge in [0.2, 0.25) is 5.91 Å². The highest BCUT2D eigenvalue weighted by molar-refractivity contribution is 6.07. The van der Waals surface area contributed by atoms with Crippen molar-refractivity contribution < 1.29 is 14.0 Å². The monoisotopic (exact) mass is 286 g/mol. The van der Waals surface area contributed by atoms with E-state index in [2.05, 4.69) is 5.32 Å². The molecule has 0 atom stereocenters. The minimum Gasteiger partial charge on any atom is -0.354 e. The Labute approximate surface area is 121 Å². The van der Waals surface area contributed by atoms with E-state index < -0.39 is 0 Å². The first-order chi connectivity index (χ1) is 10.2. The molecule has 1 N–H and O–H groups in total. The number of nitrogens with one attached hydrogen (secondary N) is 1. The molecule has 0 spiro atoms. The fraction of sp³-hybridized carbons (Fsp3) is 0.250. The van der Waals surface area contributed by atoms with E-state index in [1.165, 1.54) is 12.1 Å². The van der Waals surface area contributed by atoms with Crippen molar-refractivity contribution in [2.24, 2.45) is 0 Å². The summed E-state index contributed by atoms with van der Waals surface area (Å²) in [6.07, 6.45) is 0.296. The van der Waals surface area contributed by atoms with Crippen LogP contribution in [0.5, 0.6) is 0 Å². The van der Waals surface area contributed by atoms with Gasteiger partial charge in [-0.25, -0.2) is 4.39 Å². The number of nitrogens with zero attached hydrogens (tertiary/aromatic N) is 1. The molecule has 0 bridgehead atoms. The minimum absolute atomic E-state index is 0.0470. The van der Waals surface area contributed by atoms with E-state index in [-0.39, 0.29) is 17.6 Å². The zero-order valence-electron chi connectivity index (χ0n) is 11.4. The summed E-state index contributed by atoms with van der Waals surface area (Å²) in [7, 11) is 0. The summed E-state index contributed by atoms with van der Waals surface area (Å²) in [6.45, 7) is 1.30. The molecule has 2 aromatic carbocycles. The van der Waals surface area contributed by atoms with Crippen molar-refractivity contribution in [3.8, 4) is 0 Å². The van der Waals surface area contributed by atoms with Crippen LogP contribution in [-0.4, -0.2) is 36.3 Å². The fourth-order valence-electron chi connectivity index (χ4n) is 2.59. The molecule has 1 aliphatic rings. The van der Waals surface area contributed by atoms with Crippen LogP contribution in [0.1, 0.15) is 16.8 Å². The van der Waals surface area contributed by atoms with Gasteiger partial charge >= 0.3 is 0 Å². The topological polar surface area (TPSA) is 49.4 Å². The van der Waals surface area contributed by atoms with Crippen LogP contribution < -0.4 is 5.32 Å². The smallest absolute Gasteiger partial charge is 0.254 e. The summed E-state index contributed by atoms with van der Waals surface area (Å²) in [5.74, 6) is -0.549. The summed E-state index contributed by atoms with van der Waals surface area (Å²) in [5, 5.41) is 3.77. The molecule has 1 heterocycles. The highest BCUT2D eigenvalue weighted by atomic mass is 19.1. The van der Waals surface area contributed by atoms with Crippen LogP contribution in [0, 0.1) is 5.82 Å². The van der Waals surface area contributed by atoms with Crippen LogP contribution in [0.25, 0.3) is 10.8 Å². The van der Waals surface area contributed by atoms with Gasteiger partial charge in [0, 0.05) is 37.0 Å². The zero-order chi connectivity index (χ0) is 14.8. The van der Waals surface area contributed by atoms with E-state index in [9.17, 15) is 14.0 Å². The van der Waals surface area contributed by atoms with E-state index in [1.54, 1.807) is 29.2 Å². The van der Waals surface area contributed by atoms with Gasteiger partial charge in [0.15, 0.2) is 0 Å². The Morgan fingerprint density at radius 3 is 2.67 bits per heavy atom. The molecular weight excluding hydrogens is 271 g/mol. The van der Waals surface area contributed by atoms with Gasteiger partial charge in [-0.3, -0.25) is 9.59 Å². The summed E-state index contributed by atoms with van der Waals surface area (Å²) in [6, 6.07) is 9.76. The van der Waals surface area contributed by atoms with Crippen molar-refractivity contribution in [3.63, 3.8) is 0 Å². The van der Waals surface area contributed by atoms with E-state index in [0.717, 1.165) is 0 Å². The Morgan fingerprint density at radius 2 is 1.86 bits per heavy atom. The molecule has 0 aromatic heterocycles. The molecule has 0 aliphatic carbocycles. The number of fused-ring (bicyclic) bond motifs is 1. The number of benzene rings is 2. The number of hydrogen-bond acceptors (Lipinski definition) is 2. The second-order valence-electron chi connectivity index (χ2n) is 5.03. The Kier molecular flexibility index (Phi) is 3.56. The van der Waals surface area contributed by atoms with Crippen molar-refractivity contribution in [3.05, 3.63) is 47.8 Å². The molecule has 2 amide bonds. The summed E-state index contributed by atoms with van der Waals surface area (Å²) >= 11 is 0. The van der Waals surface area contributed by atoms with Crippen LogP contribution in [0.3, 0.4) is 0 Å². The molecule has 0 unspecified atom stereocenters. The fourth-order valence-corrected chi connectivity index (χ4v) is 2.59. The number of hydrogen-bond donors (Lipinski definition) is 1. The van der Waals surface area contributed by atoms with Crippen LogP contribution in [0.4, 0.5) is 4.39 Å². The molecule has 2 aromatic rings. The molecule has 0 radical (unpaired) electrons. The molecule has 5 heteroatoms. The van der Waals surface area contributed by atoms with Gasteiger partial charge in [0.25, 0.3) is 5.91 Å². The van der Waals surface area contributed by atoms with E-state index >= 15 is 0 Å². The van der Waals surface area contributed by atoms with E-state index in [4.69, 9.17) is 0 Å². The van der Waals surface area contributed by atoms with Crippen LogP contribution in [0.2, 0.25) is 0 Å². The maximum atomic E-state index is 13.8. The molecular formula is C16H15FN2O2. The molecule has 21 heavy (non-hydrogen) atoms. The van der Waals surface area contributed by atoms with Crippen molar-refractivity contribution in [1.29, 1.82) is 0 Å². The van der Waals surface area contributed by atoms with Crippen molar-refractivity contribution >= 4 is 22.6 Å². The Balaban J connectivity index is 1.98. The average Bonchev–Trinajstić information content (AvgIpc) is 2.72. The van der Waals surface area contributed by atoms with Gasteiger partial charge in [-0.15, -0.1) is 0 Å². The lowest BCUT2D eigenvalue weighted by atomic mass is 10.0. The van der Waals surface area contributed by atoms with Crippen molar-refractivity contribution in [2.45, 2.75) is 6.42 Å². The Bertz CT molecular complexity index is 714. The molecule has 108 valence electrons. The lowest BCUT2D eigenvalue weighted by Gasteiger charge is -2.20. The zero-order valence-corrected chi connectivity index (χ0v) is 11.4. The van der Waals surface area contributed by atoms with Crippen LogP contribution >= 0.6 is 0 Å². The Hall–Kier alpha value is -2.43. The average molecular weight is 286 g/mol.